The van der Waals surface area contributed by atoms with Gasteiger partial charge < -0.3 is 38.6 Å². The number of hydrogen-bond acceptors (Lipinski definition) is 8. The second-order valence-corrected chi connectivity index (χ2v) is 13.6. The Balaban J connectivity index is 1.25. The van der Waals surface area contributed by atoms with E-state index in [4.69, 9.17) is 18.9 Å². The number of likely N-dealkylation sites (N-methyl/N-ethyl adjacent to an activating group) is 1. The Bertz CT molecular complexity index is 1980. The van der Waals surface area contributed by atoms with Gasteiger partial charge in [0.15, 0.2) is 11.4 Å². The molecule has 0 radical (unpaired) electrons. The first-order valence-electron chi connectivity index (χ1n) is 17.4. The first-order valence-corrected chi connectivity index (χ1v) is 17.4. The average molecular weight is 709 g/mol. The zero-order valence-electron chi connectivity index (χ0n) is 29.9. The summed E-state index contributed by atoms with van der Waals surface area (Å²) in [6, 6.07) is 22.8. The number of hydrogen-bond donors (Lipinski definition) is 1. The van der Waals surface area contributed by atoms with Gasteiger partial charge in [-0.05, 0) is 47.7 Å². The summed E-state index contributed by atoms with van der Waals surface area (Å²) in [5.74, 6) is 0.563. The van der Waals surface area contributed by atoms with Crippen LogP contribution in [0.2, 0.25) is 0 Å². The smallest absolute Gasteiger partial charge is 0.274 e. The summed E-state index contributed by atoms with van der Waals surface area (Å²) in [5, 5.41) is 3.05. The molecule has 4 bridgehead atoms. The van der Waals surface area contributed by atoms with E-state index in [1.807, 2.05) is 68.4 Å². The van der Waals surface area contributed by atoms with Crippen LogP contribution in [0, 0.1) is 5.92 Å². The molecule has 1 fully saturated rings. The van der Waals surface area contributed by atoms with Crippen LogP contribution in [-0.4, -0.2) is 77.5 Å². The second-order valence-electron chi connectivity index (χ2n) is 13.6. The molecule has 0 unspecified atom stereocenters. The molecule has 2 atom stereocenters. The number of fused-ring (bicyclic) bond motifs is 5. The summed E-state index contributed by atoms with van der Waals surface area (Å²) in [5.41, 5.74) is 1.73. The first kappa shape index (κ1) is 36.2. The molecule has 0 aliphatic carbocycles. The fraction of sp³-hybridized carbons (Fsp3) is 0.350. The molecule has 2 aliphatic rings. The van der Waals surface area contributed by atoms with Crippen molar-refractivity contribution in [3.8, 4) is 23.0 Å². The Labute approximate surface area is 302 Å². The molecule has 272 valence electrons. The van der Waals surface area contributed by atoms with Crippen LogP contribution in [0.1, 0.15) is 52.2 Å². The fourth-order valence-corrected chi connectivity index (χ4v) is 6.21. The molecule has 4 aromatic rings. The minimum Gasteiger partial charge on any atom is -0.493 e. The molecule has 3 amide bonds. The van der Waals surface area contributed by atoms with Gasteiger partial charge in [-0.3, -0.25) is 19.2 Å². The lowest BCUT2D eigenvalue weighted by Gasteiger charge is -2.39. The van der Waals surface area contributed by atoms with E-state index in [1.54, 1.807) is 48.0 Å². The minimum atomic E-state index is -0.608. The van der Waals surface area contributed by atoms with Gasteiger partial charge in [0, 0.05) is 51.1 Å². The number of piperidine rings is 1. The molecule has 0 saturated carbocycles. The Hall–Kier alpha value is -5.62. The Kier molecular flexibility index (Phi) is 11.2. The van der Waals surface area contributed by atoms with Gasteiger partial charge in [0.2, 0.25) is 11.3 Å². The number of pyridine rings is 1. The van der Waals surface area contributed by atoms with E-state index in [-0.39, 0.29) is 67.9 Å². The number of likely N-dealkylation sites (tertiary alicyclic amines) is 1. The van der Waals surface area contributed by atoms with Crippen molar-refractivity contribution in [3.05, 3.63) is 118 Å². The topological polar surface area (TPSA) is 129 Å². The molecule has 1 N–H and O–H groups in total. The van der Waals surface area contributed by atoms with Crippen LogP contribution in [0.25, 0.3) is 0 Å². The van der Waals surface area contributed by atoms with Crippen LogP contribution in [0.4, 0.5) is 0 Å². The highest BCUT2D eigenvalue weighted by Crippen LogP contribution is 2.30. The summed E-state index contributed by atoms with van der Waals surface area (Å²) in [7, 11) is 3.26. The third-order valence-electron chi connectivity index (χ3n) is 8.90. The Morgan fingerprint density at radius 2 is 1.75 bits per heavy atom. The maximum absolute atomic E-state index is 14.1. The number of aromatic nitrogens is 1. The monoisotopic (exact) mass is 708 g/mol. The number of aryl methyl sites for hydroxylation is 1. The Morgan fingerprint density at radius 3 is 2.54 bits per heavy atom. The van der Waals surface area contributed by atoms with E-state index in [0.29, 0.717) is 35.8 Å². The highest BCUT2D eigenvalue weighted by molar-refractivity contribution is 5.97. The van der Waals surface area contributed by atoms with E-state index in [0.717, 1.165) is 11.1 Å². The number of carbonyl (C=O) groups excluding carboxylic acids is 3. The van der Waals surface area contributed by atoms with Crippen molar-refractivity contribution in [1.82, 2.24) is 19.7 Å². The van der Waals surface area contributed by atoms with Crippen LogP contribution in [0.15, 0.2) is 89.9 Å². The highest BCUT2D eigenvalue weighted by atomic mass is 16.5. The second kappa shape index (κ2) is 16.2. The third kappa shape index (κ3) is 8.81. The molecule has 12 heteroatoms. The van der Waals surface area contributed by atoms with Gasteiger partial charge in [-0.25, -0.2) is 0 Å². The van der Waals surface area contributed by atoms with Crippen molar-refractivity contribution in [2.75, 3.05) is 33.3 Å². The van der Waals surface area contributed by atoms with Crippen molar-refractivity contribution < 1.29 is 33.3 Å². The van der Waals surface area contributed by atoms with E-state index in [2.05, 4.69) is 5.32 Å². The van der Waals surface area contributed by atoms with Crippen LogP contribution in [-0.2, 0) is 29.8 Å². The lowest BCUT2D eigenvalue weighted by atomic mass is 10.0. The van der Waals surface area contributed by atoms with Crippen molar-refractivity contribution in [2.45, 2.75) is 45.6 Å². The molecule has 1 saturated heterocycles. The van der Waals surface area contributed by atoms with E-state index in [9.17, 15) is 19.2 Å². The summed E-state index contributed by atoms with van der Waals surface area (Å²) in [6.45, 7) is 5.05. The van der Waals surface area contributed by atoms with Crippen LogP contribution >= 0.6 is 0 Å². The minimum absolute atomic E-state index is 0.0267. The number of benzene rings is 3. The summed E-state index contributed by atoms with van der Waals surface area (Å²) < 4.78 is 26.2. The number of nitrogens with zero attached hydrogens (tertiary/aromatic N) is 3. The predicted octanol–water partition coefficient (Wildman–Crippen LogP) is 4.79. The fourth-order valence-electron chi connectivity index (χ4n) is 6.21. The standard InChI is InChI=1S/C40H44N4O8/c1-26(2)23-49-31-18-29-19-32(20-31)52-30-12-8-11-28(17-30)25-50-35-21-44(16-13-33(35)41-36(46)22-43(4)39(29)47)40(48)37-38(34(45)14-15-42(37)3)51-24-27-9-6-5-7-10-27/h5-12,14-15,17-20,26,33,35H,13,16,21-25H2,1-4H3,(H,41,46)/t33-,35-/m0/s1. The molecule has 12 nitrogen and oxygen atoms in total. The van der Waals surface area contributed by atoms with E-state index in [1.165, 1.54) is 11.0 Å². The largest absolute Gasteiger partial charge is 0.493 e. The van der Waals surface area contributed by atoms with Crippen LogP contribution < -0.4 is 25.0 Å². The average Bonchev–Trinajstić information content (AvgIpc) is 3.13. The molecular weight excluding hydrogens is 664 g/mol. The molecule has 2 aliphatic heterocycles. The number of nitrogens with one attached hydrogen (secondary N) is 1. The SMILES string of the molecule is CC(C)COc1cc2cc(c1)C(=O)N(C)CC(=O)N[C@H]1CCN(C(=O)c3c(OCc4ccccc4)c(=O)ccn3C)C[C@@H]1OCc1cccc(c1)O2. The molecule has 1 aromatic heterocycles. The van der Waals surface area contributed by atoms with Crippen molar-refractivity contribution in [2.24, 2.45) is 13.0 Å². The summed E-state index contributed by atoms with van der Waals surface area (Å²) in [4.78, 5) is 57.1. The number of ether oxygens (including phenoxy) is 4. The van der Waals surface area contributed by atoms with Crippen LogP contribution in [0.5, 0.6) is 23.0 Å². The van der Waals surface area contributed by atoms with Crippen molar-refractivity contribution in [1.29, 1.82) is 0 Å². The van der Waals surface area contributed by atoms with Crippen molar-refractivity contribution >= 4 is 17.7 Å². The van der Waals surface area contributed by atoms with Crippen molar-refractivity contribution in [3.63, 3.8) is 0 Å². The number of carbonyl (C=O) groups is 3. The van der Waals surface area contributed by atoms with Gasteiger partial charge in [0.1, 0.15) is 23.9 Å². The molecule has 3 aromatic carbocycles. The lowest BCUT2D eigenvalue weighted by molar-refractivity contribution is -0.124. The highest BCUT2D eigenvalue weighted by Gasteiger charge is 2.36. The lowest BCUT2D eigenvalue weighted by Crippen LogP contribution is -2.57. The quantitative estimate of drug-likeness (QED) is 0.290. The predicted molar refractivity (Wildman–Crippen MR) is 194 cm³/mol. The van der Waals surface area contributed by atoms with Gasteiger partial charge in [0.25, 0.3) is 11.8 Å². The first-order chi connectivity index (χ1) is 25.0. The van der Waals surface area contributed by atoms with E-state index >= 15 is 0 Å². The molecule has 3 heterocycles. The summed E-state index contributed by atoms with van der Waals surface area (Å²) in [6.07, 6.45) is 1.31. The number of amides is 3. The van der Waals surface area contributed by atoms with E-state index < -0.39 is 17.6 Å². The normalized spacial score (nSPS) is 17.9. The van der Waals surface area contributed by atoms with Gasteiger partial charge in [-0.1, -0.05) is 56.3 Å². The van der Waals surface area contributed by atoms with Gasteiger partial charge in [-0.2, -0.15) is 0 Å². The Morgan fingerprint density at radius 1 is 0.942 bits per heavy atom. The maximum Gasteiger partial charge on any atom is 0.274 e. The van der Waals surface area contributed by atoms with Gasteiger partial charge in [-0.15, -0.1) is 0 Å². The zero-order valence-corrected chi connectivity index (χ0v) is 29.9. The maximum atomic E-state index is 14.1. The zero-order chi connectivity index (χ0) is 36.8. The van der Waals surface area contributed by atoms with Gasteiger partial charge >= 0.3 is 0 Å². The summed E-state index contributed by atoms with van der Waals surface area (Å²) >= 11 is 0. The third-order valence-corrected chi connectivity index (χ3v) is 8.90. The molecule has 52 heavy (non-hydrogen) atoms. The van der Waals surface area contributed by atoms with Crippen LogP contribution in [0.3, 0.4) is 0 Å². The molecule has 0 spiro atoms. The molecule has 6 rings (SSSR count). The molecular formula is C40H44N4O8. The number of rotatable bonds is 7. The van der Waals surface area contributed by atoms with Gasteiger partial charge in [0.05, 0.1) is 31.9 Å².